The number of aryl methyl sites for hydroxylation is 1. The predicted molar refractivity (Wildman–Crippen MR) is 213 cm³/mol. The summed E-state index contributed by atoms with van der Waals surface area (Å²) in [5.41, 5.74) is 8.41. The monoisotopic (exact) mass is 788 g/mol. The summed E-state index contributed by atoms with van der Waals surface area (Å²) in [4.78, 5) is 70.8. The minimum absolute atomic E-state index is 0.0889. The van der Waals surface area contributed by atoms with Crippen molar-refractivity contribution in [3.8, 4) is 33.6 Å². The number of amides is 4. The number of alkyl halides is 1. The van der Waals surface area contributed by atoms with Gasteiger partial charge in [0.1, 0.15) is 29.9 Å². The number of anilines is 1. The molecule has 0 radical (unpaired) electrons. The maximum Gasteiger partial charge on any atom is 0.407 e. The van der Waals surface area contributed by atoms with E-state index in [1.54, 1.807) is 17.3 Å². The molecular formula is C43H45FN8O6. The molecule has 1 fully saturated rings. The molecule has 0 unspecified atom stereocenters. The standard InChI is InChI=1S/C43H45FN8O6/c1-23(2)36(50-43(56)58-4)41(54)51-22-30(44)19-34(51)38-45-20-32(47-38)26-12-8-24(9-13-26)25-10-14-27(15-11-25)33-21-46-39(48-33)35-18-29-7-5-6-28-16-17-31(49-42(55)57-3)40(53)52(35)37(28)29/h5-15,20-21,23,30-31,34-36H,16-19,22H2,1-4H3,(H,45,47)(H,46,48)(H,49,55)(H,50,56)/t30-,31+,34+,35+,36+/m1/s1. The highest BCUT2D eigenvalue weighted by atomic mass is 19.1. The van der Waals surface area contributed by atoms with Gasteiger partial charge in [0.05, 0.1) is 62.3 Å². The molecular weight excluding hydrogens is 744 g/mol. The molecule has 15 heteroatoms. The van der Waals surface area contributed by atoms with E-state index in [-0.39, 0.29) is 36.7 Å². The lowest BCUT2D eigenvalue weighted by Crippen LogP contribution is -2.51. The Labute approximate surface area is 334 Å². The number of methoxy groups -OCH3 is 2. The topological polar surface area (TPSA) is 175 Å². The highest BCUT2D eigenvalue weighted by molar-refractivity contribution is 6.02. The molecule has 0 spiro atoms. The molecule has 3 aliphatic heterocycles. The van der Waals surface area contributed by atoms with Crippen LogP contribution >= 0.6 is 0 Å². The molecule has 2 aromatic heterocycles. The number of H-pyrrole nitrogens is 2. The molecule has 4 N–H and O–H groups in total. The van der Waals surface area contributed by atoms with Crippen molar-refractivity contribution in [3.63, 3.8) is 0 Å². The van der Waals surface area contributed by atoms with Crippen LogP contribution in [0.4, 0.5) is 19.7 Å². The number of alkyl carbamates (subject to hydrolysis) is 2. The summed E-state index contributed by atoms with van der Waals surface area (Å²) >= 11 is 0. The second kappa shape index (κ2) is 15.8. The zero-order valence-corrected chi connectivity index (χ0v) is 32.6. The molecule has 300 valence electrons. The average molecular weight is 789 g/mol. The Morgan fingerprint density at radius 1 is 0.810 bits per heavy atom. The Bertz CT molecular complexity index is 2340. The summed E-state index contributed by atoms with van der Waals surface area (Å²) in [5.74, 6) is 0.332. The van der Waals surface area contributed by atoms with E-state index in [4.69, 9.17) is 14.5 Å². The van der Waals surface area contributed by atoms with E-state index >= 15 is 0 Å². The van der Waals surface area contributed by atoms with Crippen LogP contribution in [0.3, 0.4) is 0 Å². The smallest absolute Gasteiger partial charge is 0.407 e. The summed E-state index contributed by atoms with van der Waals surface area (Å²) in [7, 11) is 2.52. The number of ether oxygens (including phenoxy) is 2. The third-order valence-electron chi connectivity index (χ3n) is 11.4. The van der Waals surface area contributed by atoms with Crippen molar-refractivity contribution in [1.82, 2.24) is 35.5 Å². The van der Waals surface area contributed by atoms with Gasteiger partial charge in [0.2, 0.25) is 11.8 Å². The molecule has 1 saturated heterocycles. The zero-order valence-electron chi connectivity index (χ0n) is 32.6. The Balaban J connectivity index is 0.957. The molecule has 0 aliphatic carbocycles. The van der Waals surface area contributed by atoms with Gasteiger partial charge in [-0.2, -0.15) is 0 Å². The average Bonchev–Trinajstić information content (AvgIpc) is 4.05. The van der Waals surface area contributed by atoms with Crippen LogP contribution in [-0.2, 0) is 31.9 Å². The Hall–Kier alpha value is -6.51. The first-order valence-electron chi connectivity index (χ1n) is 19.4. The summed E-state index contributed by atoms with van der Waals surface area (Å²) in [6.45, 7) is 3.53. The lowest BCUT2D eigenvalue weighted by Gasteiger charge is -2.29. The largest absolute Gasteiger partial charge is 0.453 e. The van der Waals surface area contributed by atoms with E-state index in [0.717, 1.165) is 50.5 Å². The van der Waals surface area contributed by atoms with Crippen LogP contribution in [0.25, 0.3) is 33.6 Å². The molecule has 0 saturated carbocycles. The van der Waals surface area contributed by atoms with Gasteiger partial charge in [-0.1, -0.05) is 80.6 Å². The van der Waals surface area contributed by atoms with Crippen molar-refractivity contribution in [2.24, 2.45) is 5.92 Å². The fourth-order valence-electron chi connectivity index (χ4n) is 8.34. The third-order valence-corrected chi connectivity index (χ3v) is 11.4. The van der Waals surface area contributed by atoms with Crippen molar-refractivity contribution in [3.05, 3.63) is 102 Å². The number of rotatable bonds is 9. The van der Waals surface area contributed by atoms with Crippen LogP contribution in [0.2, 0.25) is 0 Å². The second-order valence-electron chi connectivity index (χ2n) is 15.3. The van der Waals surface area contributed by atoms with Crippen LogP contribution in [0.5, 0.6) is 0 Å². The molecule has 14 nitrogen and oxygen atoms in total. The number of para-hydroxylation sites is 1. The highest BCUT2D eigenvalue weighted by Crippen LogP contribution is 2.45. The lowest BCUT2D eigenvalue weighted by atomic mass is 10.0. The number of carbonyl (C=O) groups is 4. The van der Waals surface area contributed by atoms with Crippen LogP contribution < -0.4 is 15.5 Å². The number of nitrogens with zero attached hydrogens (tertiary/aromatic N) is 4. The van der Waals surface area contributed by atoms with Crippen molar-refractivity contribution < 1.29 is 33.0 Å². The predicted octanol–water partition coefficient (Wildman–Crippen LogP) is 6.43. The summed E-state index contributed by atoms with van der Waals surface area (Å²) < 4.78 is 24.3. The molecule has 5 atom stereocenters. The summed E-state index contributed by atoms with van der Waals surface area (Å²) in [6.07, 6.45) is 2.71. The normalized spacial score (nSPS) is 20.4. The van der Waals surface area contributed by atoms with Crippen molar-refractivity contribution >= 4 is 29.7 Å². The number of hydrogen-bond donors (Lipinski definition) is 4. The molecule has 0 bridgehead atoms. The van der Waals surface area contributed by atoms with E-state index in [9.17, 15) is 23.6 Å². The van der Waals surface area contributed by atoms with Crippen LogP contribution in [0.15, 0.2) is 79.1 Å². The molecule has 5 heterocycles. The molecule has 8 rings (SSSR count). The Morgan fingerprint density at radius 3 is 1.97 bits per heavy atom. The fraction of sp³-hybridized carbons (Fsp3) is 0.349. The molecule has 5 aromatic rings. The van der Waals surface area contributed by atoms with E-state index in [0.29, 0.717) is 30.9 Å². The molecule has 4 amide bonds. The number of carbonyl (C=O) groups excluding carboxylic acids is 4. The first-order chi connectivity index (χ1) is 28.0. The highest BCUT2D eigenvalue weighted by Gasteiger charge is 2.44. The van der Waals surface area contributed by atoms with Crippen molar-refractivity contribution in [2.45, 2.75) is 69.9 Å². The first kappa shape index (κ1) is 38.4. The number of aromatic nitrogens is 4. The number of halogens is 1. The molecule has 3 aromatic carbocycles. The maximum absolute atomic E-state index is 14.8. The van der Waals surface area contributed by atoms with E-state index in [1.807, 2.05) is 80.6 Å². The Kier molecular flexibility index (Phi) is 10.4. The van der Waals surface area contributed by atoms with Gasteiger partial charge in [-0.15, -0.1) is 0 Å². The Morgan fingerprint density at radius 2 is 1.38 bits per heavy atom. The zero-order chi connectivity index (χ0) is 40.7. The van der Waals surface area contributed by atoms with E-state index in [1.165, 1.54) is 19.1 Å². The molecule has 3 aliphatic rings. The van der Waals surface area contributed by atoms with Gasteiger partial charge in [0.25, 0.3) is 0 Å². The first-order valence-corrected chi connectivity index (χ1v) is 19.4. The van der Waals surface area contributed by atoms with E-state index in [2.05, 4.69) is 25.6 Å². The third kappa shape index (κ3) is 7.27. The number of likely N-dealkylation sites (tertiary alicyclic amines) is 1. The van der Waals surface area contributed by atoms with Gasteiger partial charge in [0.15, 0.2) is 0 Å². The summed E-state index contributed by atoms with van der Waals surface area (Å²) in [6, 6.07) is 19.7. The lowest BCUT2D eigenvalue weighted by molar-refractivity contribution is -0.135. The number of hydrogen-bond acceptors (Lipinski definition) is 8. The van der Waals surface area contributed by atoms with Gasteiger partial charge >= 0.3 is 12.2 Å². The maximum atomic E-state index is 14.8. The van der Waals surface area contributed by atoms with Gasteiger partial charge in [-0.05, 0) is 52.1 Å². The van der Waals surface area contributed by atoms with E-state index < -0.39 is 36.5 Å². The number of benzene rings is 3. The van der Waals surface area contributed by atoms with Gasteiger partial charge in [-0.25, -0.2) is 23.9 Å². The SMILES string of the molecule is COC(=O)N[C@H]1CCc2cccc3c2N(C1=O)[C@H](c1ncc(-c2ccc(-c4ccc(-c5cnc([C@@H]6C[C@@H](F)CN6C(=O)[C@@H](NC(=O)OC)C(C)C)[nH]5)cc4)cc2)[nH]1)C3. The van der Waals surface area contributed by atoms with Crippen molar-refractivity contribution in [2.75, 3.05) is 25.7 Å². The van der Waals surface area contributed by atoms with Gasteiger partial charge in [-0.3, -0.25) is 14.5 Å². The van der Waals surface area contributed by atoms with Crippen LogP contribution in [0.1, 0.15) is 61.5 Å². The van der Waals surface area contributed by atoms with Crippen LogP contribution in [0, 0.1) is 5.92 Å². The number of nitrogens with one attached hydrogen (secondary N) is 4. The fourth-order valence-corrected chi connectivity index (χ4v) is 8.34. The van der Waals surface area contributed by atoms with Gasteiger partial charge < -0.3 is 35.0 Å². The van der Waals surface area contributed by atoms with Gasteiger partial charge in [0, 0.05) is 12.8 Å². The minimum atomic E-state index is -1.22. The number of aromatic amines is 2. The van der Waals surface area contributed by atoms with Crippen LogP contribution in [-0.4, -0.2) is 87.9 Å². The molecule has 58 heavy (non-hydrogen) atoms. The second-order valence-corrected chi connectivity index (χ2v) is 15.3. The quantitative estimate of drug-likeness (QED) is 0.132. The van der Waals surface area contributed by atoms with Crippen molar-refractivity contribution in [1.29, 1.82) is 0 Å². The number of imidazole rings is 2. The minimum Gasteiger partial charge on any atom is -0.453 e. The summed E-state index contributed by atoms with van der Waals surface area (Å²) in [5, 5.41) is 5.31.